The van der Waals surface area contributed by atoms with Gasteiger partial charge in [-0.2, -0.15) is 13.2 Å². The Morgan fingerprint density at radius 1 is 0.919 bits per heavy atom. The van der Waals surface area contributed by atoms with E-state index in [0.717, 1.165) is 23.3 Å². The zero-order valence-corrected chi connectivity index (χ0v) is 20.1. The fourth-order valence-electron chi connectivity index (χ4n) is 4.43. The number of benzene rings is 3. The average molecular weight is 524 g/mol. The molecule has 2 heterocycles. The number of aromatic nitrogens is 1. The van der Waals surface area contributed by atoms with Crippen LogP contribution in [0.25, 0.3) is 0 Å². The summed E-state index contributed by atoms with van der Waals surface area (Å²) in [6, 6.07) is 21.3. The molecule has 0 saturated carbocycles. The molecule has 188 valence electrons. The Morgan fingerprint density at radius 2 is 1.54 bits per heavy atom. The number of urea groups is 1. The van der Waals surface area contributed by atoms with Crippen molar-refractivity contribution in [1.82, 2.24) is 15.2 Å². The summed E-state index contributed by atoms with van der Waals surface area (Å²) in [5.41, 5.74) is 1.18. The van der Waals surface area contributed by atoms with Gasteiger partial charge in [0.25, 0.3) is 0 Å². The van der Waals surface area contributed by atoms with Gasteiger partial charge in [0.15, 0.2) is 0 Å². The summed E-state index contributed by atoms with van der Waals surface area (Å²) in [5.74, 6) is 1.20. The fourth-order valence-corrected chi connectivity index (χ4v) is 4.56. The lowest BCUT2D eigenvalue weighted by atomic mass is 9.94. The van der Waals surface area contributed by atoms with E-state index in [9.17, 15) is 18.0 Å². The second-order valence-electron chi connectivity index (χ2n) is 8.54. The van der Waals surface area contributed by atoms with Gasteiger partial charge < -0.3 is 15.0 Å². The molecule has 2 unspecified atom stereocenters. The minimum absolute atomic E-state index is 0.180. The third-order valence-electron chi connectivity index (χ3n) is 6.16. The Labute approximate surface area is 216 Å². The topological polar surface area (TPSA) is 54.5 Å². The molecule has 0 radical (unpaired) electrons. The number of nitrogens with zero attached hydrogens (tertiary/aromatic N) is 2. The number of rotatable bonds is 6. The lowest BCUT2D eigenvalue weighted by Gasteiger charge is -2.33. The van der Waals surface area contributed by atoms with Crippen molar-refractivity contribution in [2.24, 2.45) is 0 Å². The van der Waals surface area contributed by atoms with Gasteiger partial charge in [-0.15, -0.1) is 0 Å². The van der Waals surface area contributed by atoms with Crippen molar-refractivity contribution in [3.05, 3.63) is 125 Å². The van der Waals surface area contributed by atoms with Crippen molar-refractivity contribution >= 4 is 17.6 Å². The summed E-state index contributed by atoms with van der Waals surface area (Å²) in [6.45, 7) is 0.180. The number of carbonyl (C=O) groups excluding carboxylic acids is 1. The van der Waals surface area contributed by atoms with Crippen LogP contribution in [0.1, 0.15) is 34.3 Å². The SMILES string of the molecule is O=C1NCC(c2cccc(C(F)(F)F)c2)N1C(c1ccncc1)c1ccc(Oc2ccc(Cl)cc2)cc1. The number of carbonyl (C=O) groups is 1. The number of alkyl halides is 3. The van der Waals surface area contributed by atoms with Crippen molar-refractivity contribution in [2.45, 2.75) is 18.3 Å². The first kappa shape index (κ1) is 24.6. The maximum absolute atomic E-state index is 13.4. The maximum Gasteiger partial charge on any atom is 0.416 e. The smallest absolute Gasteiger partial charge is 0.416 e. The molecule has 37 heavy (non-hydrogen) atoms. The largest absolute Gasteiger partial charge is 0.457 e. The van der Waals surface area contributed by atoms with Crippen LogP contribution in [-0.4, -0.2) is 22.5 Å². The molecule has 3 aromatic carbocycles. The zero-order valence-electron chi connectivity index (χ0n) is 19.3. The number of hydrogen-bond acceptors (Lipinski definition) is 3. The van der Waals surface area contributed by atoms with Gasteiger partial charge in [0.2, 0.25) is 0 Å². The molecule has 2 amide bonds. The number of ether oxygens (including phenoxy) is 1. The molecule has 5 rings (SSSR count). The fraction of sp³-hybridized carbons (Fsp3) is 0.143. The molecule has 1 saturated heterocycles. The van der Waals surface area contributed by atoms with Crippen molar-refractivity contribution in [3.8, 4) is 11.5 Å². The number of amides is 2. The monoisotopic (exact) mass is 523 g/mol. The van der Waals surface area contributed by atoms with Crippen LogP contribution in [-0.2, 0) is 6.18 Å². The van der Waals surface area contributed by atoms with E-state index in [1.807, 2.05) is 12.1 Å². The van der Waals surface area contributed by atoms with E-state index < -0.39 is 23.8 Å². The van der Waals surface area contributed by atoms with Gasteiger partial charge in [0.05, 0.1) is 17.6 Å². The van der Waals surface area contributed by atoms with Crippen LogP contribution in [0.2, 0.25) is 5.02 Å². The summed E-state index contributed by atoms with van der Waals surface area (Å²) in [6.07, 6.45) is -1.25. The highest BCUT2D eigenvalue weighted by molar-refractivity contribution is 6.30. The van der Waals surface area contributed by atoms with Crippen LogP contribution in [0.5, 0.6) is 11.5 Å². The van der Waals surface area contributed by atoms with Gasteiger partial charge in [0.1, 0.15) is 11.5 Å². The van der Waals surface area contributed by atoms with E-state index in [2.05, 4.69) is 10.3 Å². The normalized spacial score (nSPS) is 16.4. The number of pyridine rings is 1. The van der Waals surface area contributed by atoms with E-state index in [4.69, 9.17) is 16.3 Å². The molecule has 1 aliphatic heterocycles. The van der Waals surface area contributed by atoms with Gasteiger partial charge in [-0.25, -0.2) is 4.79 Å². The molecule has 0 bridgehead atoms. The molecule has 0 aliphatic carbocycles. The van der Waals surface area contributed by atoms with E-state index >= 15 is 0 Å². The molecule has 1 fully saturated rings. The van der Waals surface area contributed by atoms with Crippen LogP contribution in [0.4, 0.5) is 18.0 Å². The van der Waals surface area contributed by atoms with Gasteiger partial charge in [-0.05, 0) is 77.4 Å². The van der Waals surface area contributed by atoms with Gasteiger partial charge in [0, 0.05) is 24.0 Å². The van der Waals surface area contributed by atoms with Crippen LogP contribution >= 0.6 is 11.6 Å². The Morgan fingerprint density at radius 3 is 2.19 bits per heavy atom. The van der Waals surface area contributed by atoms with Crippen molar-refractivity contribution < 1.29 is 22.7 Å². The zero-order chi connectivity index (χ0) is 26.0. The predicted molar refractivity (Wildman–Crippen MR) is 133 cm³/mol. The van der Waals surface area contributed by atoms with E-state index in [1.54, 1.807) is 71.9 Å². The average Bonchev–Trinajstić information content (AvgIpc) is 3.28. The first-order valence-corrected chi connectivity index (χ1v) is 11.8. The molecule has 9 heteroatoms. The first-order chi connectivity index (χ1) is 17.8. The molecular formula is C28H21ClF3N3O2. The lowest BCUT2D eigenvalue weighted by molar-refractivity contribution is -0.137. The molecule has 0 spiro atoms. The van der Waals surface area contributed by atoms with Gasteiger partial charge in [-0.1, -0.05) is 35.9 Å². The highest BCUT2D eigenvalue weighted by atomic mass is 35.5. The maximum atomic E-state index is 13.4. The summed E-state index contributed by atoms with van der Waals surface area (Å²) >= 11 is 5.94. The Kier molecular flexibility index (Phi) is 6.76. The molecule has 1 N–H and O–H groups in total. The third kappa shape index (κ3) is 5.39. The molecule has 4 aromatic rings. The minimum atomic E-state index is -4.48. The van der Waals surface area contributed by atoms with Crippen LogP contribution in [0.3, 0.4) is 0 Å². The lowest BCUT2D eigenvalue weighted by Crippen LogP contribution is -2.34. The Balaban J connectivity index is 1.51. The summed E-state index contributed by atoms with van der Waals surface area (Å²) in [4.78, 5) is 18.8. The van der Waals surface area contributed by atoms with Crippen LogP contribution in [0, 0.1) is 0 Å². The second-order valence-corrected chi connectivity index (χ2v) is 8.98. The van der Waals surface area contributed by atoms with Crippen LogP contribution < -0.4 is 10.1 Å². The number of halogens is 4. The van der Waals surface area contributed by atoms with Crippen molar-refractivity contribution in [2.75, 3.05) is 6.54 Å². The van der Waals surface area contributed by atoms with E-state index in [1.165, 1.54) is 6.07 Å². The predicted octanol–water partition coefficient (Wildman–Crippen LogP) is 7.40. The highest BCUT2D eigenvalue weighted by Crippen LogP contribution is 2.40. The van der Waals surface area contributed by atoms with Gasteiger partial charge >= 0.3 is 12.2 Å². The Hall–Kier alpha value is -4.04. The van der Waals surface area contributed by atoms with Crippen molar-refractivity contribution in [3.63, 3.8) is 0 Å². The summed E-state index contributed by atoms with van der Waals surface area (Å²) < 4.78 is 46.1. The standard InChI is InChI=1S/C28H21ClF3N3O2/c29-22-6-10-24(11-7-22)37-23-8-4-18(5-9-23)26(19-12-14-33-15-13-19)35-25(17-34-27(35)36)20-2-1-3-21(16-20)28(30,31)32/h1-16,25-26H,17H2,(H,34,36). The second kappa shape index (κ2) is 10.1. The first-order valence-electron chi connectivity index (χ1n) is 11.5. The molecule has 1 aromatic heterocycles. The molecule has 2 atom stereocenters. The van der Waals surface area contributed by atoms with E-state index in [0.29, 0.717) is 22.1 Å². The summed E-state index contributed by atoms with van der Waals surface area (Å²) in [5, 5.41) is 3.40. The highest BCUT2D eigenvalue weighted by Gasteiger charge is 2.40. The van der Waals surface area contributed by atoms with Gasteiger partial charge in [-0.3, -0.25) is 4.98 Å². The Bertz CT molecular complexity index is 1380. The number of nitrogens with one attached hydrogen (secondary N) is 1. The third-order valence-corrected chi connectivity index (χ3v) is 6.41. The van der Waals surface area contributed by atoms with Crippen molar-refractivity contribution in [1.29, 1.82) is 0 Å². The van der Waals surface area contributed by atoms with E-state index in [-0.39, 0.29) is 12.6 Å². The van der Waals surface area contributed by atoms with Crippen LogP contribution in [0.15, 0.2) is 97.3 Å². The molecule has 5 nitrogen and oxygen atoms in total. The number of hydrogen-bond donors (Lipinski definition) is 1. The quantitative estimate of drug-likeness (QED) is 0.286. The molecular weight excluding hydrogens is 503 g/mol. The minimum Gasteiger partial charge on any atom is -0.457 e. The summed E-state index contributed by atoms with van der Waals surface area (Å²) in [7, 11) is 0. The molecule has 1 aliphatic rings.